The Morgan fingerprint density at radius 2 is 1.74 bits per heavy atom. The van der Waals surface area contributed by atoms with Crippen molar-refractivity contribution in [3.8, 4) is 11.8 Å². The van der Waals surface area contributed by atoms with Crippen LogP contribution < -0.4 is 14.4 Å². The van der Waals surface area contributed by atoms with Crippen LogP contribution in [-0.4, -0.2) is 40.3 Å². The van der Waals surface area contributed by atoms with Crippen molar-refractivity contribution < 1.29 is 27.6 Å². The quantitative estimate of drug-likeness (QED) is 0.233. The Labute approximate surface area is 224 Å². The number of hydrogen-bond donors (Lipinski definition) is 0. The van der Waals surface area contributed by atoms with Crippen molar-refractivity contribution in [2.45, 2.75) is 57.3 Å². The van der Waals surface area contributed by atoms with E-state index in [0.717, 1.165) is 62.2 Å². The van der Waals surface area contributed by atoms with E-state index in [2.05, 4.69) is 22.0 Å². The lowest BCUT2D eigenvalue weighted by molar-refractivity contribution is -0.389. The first-order valence-corrected chi connectivity index (χ1v) is 13.3. The fraction of sp³-hybridized carbons (Fsp3) is 0.464. The maximum Gasteiger partial charge on any atom is 0.416 e. The number of imidazole rings is 1. The second kappa shape index (κ2) is 11.5. The zero-order valence-electron chi connectivity index (χ0n) is 21.5. The average molecular weight is 545 g/mol. The summed E-state index contributed by atoms with van der Waals surface area (Å²) >= 11 is 0. The third-order valence-corrected chi connectivity index (χ3v) is 7.49. The first kappa shape index (κ1) is 26.8. The van der Waals surface area contributed by atoms with E-state index in [1.54, 1.807) is 16.7 Å². The number of halogens is 3. The lowest BCUT2D eigenvalue weighted by Gasteiger charge is -2.33. The van der Waals surface area contributed by atoms with Crippen LogP contribution in [0.5, 0.6) is 11.8 Å². The number of nitro groups is 1. The predicted molar refractivity (Wildman–Crippen MR) is 139 cm³/mol. The predicted octanol–water partition coefficient (Wildman–Crippen LogP) is 6.28. The molecule has 0 amide bonds. The van der Waals surface area contributed by atoms with E-state index in [1.807, 2.05) is 12.1 Å². The highest BCUT2D eigenvalue weighted by Crippen LogP contribution is 2.31. The monoisotopic (exact) mass is 544 g/mol. The van der Waals surface area contributed by atoms with Crippen molar-refractivity contribution in [2.24, 2.45) is 5.92 Å². The Morgan fingerprint density at radius 1 is 1.03 bits per heavy atom. The van der Waals surface area contributed by atoms with E-state index in [1.165, 1.54) is 18.3 Å². The van der Waals surface area contributed by atoms with Crippen LogP contribution in [0.2, 0.25) is 0 Å². The molecule has 0 N–H and O–H groups in total. The molecule has 3 aromatic rings. The molecule has 0 spiro atoms. The van der Waals surface area contributed by atoms with E-state index < -0.39 is 16.7 Å². The zero-order valence-corrected chi connectivity index (χ0v) is 21.5. The van der Waals surface area contributed by atoms with Gasteiger partial charge < -0.3 is 24.5 Å². The lowest BCUT2D eigenvalue weighted by Crippen LogP contribution is -2.33. The molecule has 208 valence electrons. The molecule has 0 radical (unpaired) electrons. The topological polar surface area (TPSA) is 82.7 Å². The van der Waals surface area contributed by atoms with Gasteiger partial charge in [0.25, 0.3) is 0 Å². The molecular formula is C28H31F3N4O4. The molecule has 5 rings (SSSR count). The van der Waals surface area contributed by atoms with Crippen molar-refractivity contribution in [3.63, 3.8) is 0 Å². The Hall–Kier alpha value is -3.76. The lowest BCUT2D eigenvalue weighted by atomic mass is 9.90. The fourth-order valence-corrected chi connectivity index (χ4v) is 5.21. The normalized spacial score (nSPS) is 17.9. The van der Waals surface area contributed by atoms with Gasteiger partial charge in [0.1, 0.15) is 24.7 Å². The molecule has 0 bridgehead atoms. The molecule has 11 heteroatoms. The third-order valence-electron chi connectivity index (χ3n) is 7.49. The molecule has 2 aromatic carbocycles. The first-order chi connectivity index (χ1) is 18.7. The number of ether oxygens (including phenoxy) is 2. The fourth-order valence-electron chi connectivity index (χ4n) is 5.21. The van der Waals surface area contributed by atoms with Crippen LogP contribution in [0.1, 0.15) is 43.2 Å². The molecule has 1 fully saturated rings. The van der Waals surface area contributed by atoms with E-state index in [0.29, 0.717) is 25.5 Å². The molecule has 2 aliphatic heterocycles. The standard InChI is InChI=1S/C28H31F3N4O4/c29-28(30,31)22-6-4-20(5-7-22)2-1-3-21-12-15-33(16-13-21)23-8-10-24(11-9-23)38-19-25-14-17-34-18-26(35(36)37)32-27(34)39-25/h4-11,18,21,25H,1-3,12-17,19H2/t25-/m1/s1. The first-order valence-electron chi connectivity index (χ1n) is 13.3. The summed E-state index contributed by atoms with van der Waals surface area (Å²) in [5, 5.41) is 10.9. The van der Waals surface area contributed by atoms with Gasteiger partial charge in [0.05, 0.1) is 5.56 Å². The van der Waals surface area contributed by atoms with E-state index in [4.69, 9.17) is 9.47 Å². The second-order valence-corrected chi connectivity index (χ2v) is 10.2. The number of piperidine rings is 1. The van der Waals surface area contributed by atoms with Gasteiger partial charge in [-0.15, -0.1) is 0 Å². The molecule has 1 aromatic heterocycles. The molecule has 8 nitrogen and oxygen atoms in total. The van der Waals surface area contributed by atoms with E-state index in [9.17, 15) is 23.3 Å². The minimum atomic E-state index is -4.29. The van der Waals surface area contributed by atoms with E-state index in [-0.39, 0.29) is 17.9 Å². The summed E-state index contributed by atoms with van der Waals surface area (Å²) in [6, 6.07) is 13.8. The molecule has 3 heterocycles. The number of aromatic nitrogens is 2. The van der Waals surface area contributed by atoms with Gasteiger partial charge in [-0.1, -0.05) is 12.1 Å². The summed E-state index contributed by atoms with van der Waals surface area (Å²) in [4.78, 5) is 16.7. The summed E-state index contributed by atoms with van der Waals surface area (Å²) in [6.45, 7) is 2.87. The zero-order chi connectivity index (χ0) is 27.4. The van der Waals surface area contributed by atoms with Crippen molar-refractivity contribution in [2.75, 3.05) is 24.6 Å². The van der Waals surface area contributed by atoms with Crippen molar-refractivity contribution in [1.29, 1.82) is 0 Å². The van der Waals surface area contributed by atoms with Crippen LogP contribution in [0.25, 0.3) is 0 Å². The van der Waals surface area contributed by atoms with Crippen molar-refractivity contribution in [1.82, 2.24) is 9.55 Å². The molecule has 1 saturated heterocycles. The minimum absolute atomic E-state index is 0.218. The molecule has 39 heavy (non-hydrogen) atoms. The summed E-state index contributed by atoms with van der Waals surface area (Å²) in [7, 11) is 0. The summed E-state index contributed by atoms with van der Waals surface area (Å²) < 4.78 is 51.5. The Bertz CT molecular complexity index is 1250. The number of anilines is 1. The van der Waals surface area contributed by atoms with Gasteiger partial charge in [0.2, 0.25) is 0 Å². The van der Waals surface area contributed by atoms with Crippen LogP contribution in [0.4, 0.5) is 24.7 Å². The average Bonchev–Trinajstić information content (AvgIpc) is 3.37. The van der Waals surface area contributed by atoms with Crippen molar-refractivity contribution in [3.05, 3.63) is 76.0 Å². The molecule has 0 aliphatic carbocycles. The summed E-state index contributed by atoms with van der Waals surface area (Å²) in [6.07, 6.45) is 2.60. The van der Waals surface area contributed by atoms with Crippen LogP contribution in [0, 0.1) is 16.0 Å². The number of rotatable bonds is 9. The smallest absolute Gasteiger partial charge is 0.416 e. The van der Waals surface area contributed by atoms with Gasteiger partial charge in [0, 0.05) is 36.7 Å². The van der Waals surface area contributed by atoms with Crippen LogP contribution in [-0.2, 0) is 19.1 Å². The van der Waals surface area contributed by atoms with Crippen LogP contribution in [0.15, 0.2) is 54.7 Å². The number of aryl methyl sites for hydroxylation is 2. The molecular weight excluding hydrogens is 513 g/mol. The van der Waals surface area contributed by atoms with Gasteiger partial charge >= 0.3 is 18.0 Å². The van der Waals surface area contributed by atoms with Gasteiger partial charge in [0.15, 0.2) is 0 Å². The maximum atomic E-state index is 12.7. The number of benzene rings is 2. The Kier molecular flexibility index (Phi) is 7.94. The van der Waals surface area contributed by atoms with Crippen molar-refractivity contribution >= 4 is 11.5 Å². The summed E-state index contributed by atoms with van der Waals surface area (Å²) in [5.74, 6) is 1.15. The largest absolute Gasteiger partial charge is 0.490 e. The van der Waals surface area contributed by atoms with Crippen LogP contribution in [0.3, 0.4) is 0 Å². The van der Waals surface area contributed by atoms with Gasteiger partial charge in [-0.3, -0.25) is 4.57 Å². The van der Waals surface area contributed by atoms with Gasteiger partial charge in [-0.25, -0.2) is 0 Å². The number of fused-ring (bicyclic) bond motifs is 1. The van der Waals surface area contributed by atoms with E-state index >= 15 is 0 Å². The van der Waals surface area contributed by atoms with Crippen LogP contribution >= 0.6 is 0 Å². The number of nitrogens with zero attached hydrogens (tertiary/aromatic N) is 4. The highest BCUT2D eigenvalue weighted by molar-refractivity contribution is 5.49. The SMILES string of the molecule is O=[N+]([O-])c1cn2c(n1)O[C@@H](COc1ccc(N3CCC(CCCc4ccc(C(F)(F)F)cc4)CC3)cc1)CC2. The summed E-state index contributed by atoms with van der Waals surface area (Å²) in [5.41, 5.74) is 1.50. The molecule has 2 aliphatic rings. The third kappa shape index (κ3) is 6.82. The molecule has 0 unspecified atom stereocenters. The minimum Gasteiger partial charge on any atom is -0.490 e. The van der Waals surface area contributed by atoms with Gasteiger partial charge in [-0.05, 0) is 84.9 Å². The highest BCUT2D eigenvalue weighted by Gasteiger charge is 2.30. The maximum absolute atomic E-state index is 12.7. The van der Waals surface area contributed by atoms with Gasteiger partial charge in [-0.2, -0.15) is 13.2 Å². The number of alkyl halides is 3. The number of hydrogen-bond acceptors (Lipinski definition) is 6. The Morgan fingerprint density at radius 3 is 2.41 bits per heavy atom. The molecule has 0 saturated carbocycles. The second-order valence-electron chi connectivity index (χ2n) is 10.2. The Balaban J connectivity index is 1.02. The highest BCUT2D eigenvalue weighted by atomic mass is 19.4. The molecule has 1 atom stereocenters.